The predicted molar refractivity (Wildman–Crippen MR) is 104 cm³/mol. The van der Waals surface area contributed by atoms with Gasteiger partial charge in [-0.3, -0.25) is 8.37 Å². The van der Waals surface area contributed by atoms with E-state index in [9.17, 15) is 16.8 Å². The van der Waals surface area contributed by atoms with Crippen LogP contribution in [0, 0.1) is 0 Å². The lowest BCUT2D eigenvalue weighted by molar-refractivity contribution is -0.254. The highest BCUT2D eigenvalue weighted by molar-refractivity contribution is 7.86. The molecule has 0 amide bonds. The molecule has 0 bridgehead atoms. The van der Waals surface area contributed by atoms with E-state index in [0.717, 1.165) is 18.1 Å². The van der Waals surface area contributed by atoms with Crippen LogP contribution in [-0.4, -0.2) is 72.4 Å². The molecular weight excluding hydrogens is 440 g/mol. The van der Waals surface area contributed by atoms with Crippen LogP contribution >= 0.6 is 0 Å². The summed E-state index contributed by atoms with van der Waals surface area (Å²) in [6, 6.07) is 9.25. The van der Waals surface area contributed by atoms with E-state index < -0.39 is 63.3 Å². The van der Waals surface area contributed by atoms with E-state index in [1.54, 1.807) is 13.8 Å². The smallest absolute Gasteiger partial charge is 0.264 e. The van der Waals surface area contributed by atoms with Crippen LogP contribution in [0.15, 0.2) is 30.3 Å². The number of hydrogen-bond donors (Lipinski definition) is 0. The topological polar surface area (TPSA) is 124 Å². The summed E-state index contributed by atoms with van der Waals surface area (Å²) in [7, 11) is -7.73. The number of benzene rings is 1. The summed E-state index contributed by atoms with van der Waals surface area (Å²) in [6.07, 6.45) is -0.858. The average Bonchev–Trinajstić information content (AvgIpc) is 3.05. The predicted octanol–water partition coefficient (Wildman–Crippen LogP) is 0.771. The van der Waals surface area contributed by atoms with E-state index in [1.165, 1.54) is 0 Å². The van der Waals surface area contributed by atoms with Crippen molar-refractivity contribution in [2.45, 2.75) is 50.3 Å². The first kappa shape index (κ1) is 23.5. The summed E-state index contributed by atoms with van der Waals surface area (Å²) in [5, 5.41) is 0. The van der Waals surface area contributed by atoms with Gasteiger partial charge in [-0.25, -0.2) is 0 Å². The standard InChI is InChI=1S/C18H26O10S2/c1-17(2)26-14-15(23-10-13-8-6-5-7-9-13)18(28-16(14)27-17,11-24-29(3,19)20)12-25-30(4,21)22/h5-9,14-16H,10-12H2,1-4H3/t14-,15+,16+/m1/s1. The van der Waals surface area contributed by atoms with Gasteiger partial charge in [0, 0.05) is 0 Å². The maximum Gasteiger partial charge on any atom is 0.264 e. The minimum absolute atomic E-state index is 0.140. The van der Waals surface area contributed by atoms with Gasteiger partial charge in [-0.15, -0.1) is 0 Å². The van der Waals surface area contributed by atoms with Gasteiger partial charge in [-0.2, -0.15) is 16.8 Å². The normalized spacial score (nSPS) is 27.8. The van der Waals surface area contributed by atoms with Crippen molar-refractivity contribution >= 4 is 20.2 Å². The zero-order valence-corrected chi connectivity index (χ0v) is 18.8. The Morgan fingerprint density at radius 3 is 2.00 bits per heavy atom. The number of hydrogen-bond acceptors (Lipinski definition) is 10. The average molecular weight is 467 g/mol. The Kier molecular flexibility index (Phi) is 6.62. The highest BCUT2D eigenvalue weighted by atomic mass is 32.2. The van der Waals surface area contributed by atoms with Crippen molar-refractivity contribution < 1.29 is 44.1 Å². The van der Waals surface area contributed by atoms with E-state index in [-0.39, 0.29) is 6.61 Å². The summed E-state index contributed by atoms with van der Waals surface area (Å²) in [5.74, 6) is -0.967. The molecule has 2 fully saturated rings. The molecule has 1 aromatic carbocycles. The summed E-state index contributed by atoms with van der Waals surface area (Å²) >= 11 is 0. The lowest BCUT2D eigenvalue weighted by Gasteiger charge is -2.35. The molecule has 0 radical (unpaired) electrons. The van der Waals surface area contributed by atoms with Crippen LogP contribution in [0.4, 0.5) is 0 Å². The van der Waals surface area contributed by atoms with Crippen LogP contribution in [0.3, 0.4) is 0 Å². The molecule has 2 heterocycles. The SMILES string of the molecule is CC1(C)O[C@H]2OC(COS(C)(=O)=O)(COS(C)(=O)=O)[C@@H](OCc3ccccc3)[C@H]2O1. The van der Waals surface area contributed by atoms with Crippen LogP contribution < -0.4 is 0 Å². The van der Waals surface area contributed by atoms with Crippen LogP contribution in [-0.2, 0) is 54.2 Å². The van der Waals surface area contributed by atoms with Crippen LogP contribution in [0.25, 0.3) is 0 Å². The Balaban J connectivity index is 1.90. The summed E-state index contributed by atoms with van der Waals surface area (Å²) < 4.78 is 80.1. The maximum atomic E-state index is 11.6. The van der Waals surface area contributed by atoms with Crippen LogP contribution in [0.2, 0.25) is 0 Å². The largest absolute Gasteiger partial charge is 0.367 e. The third-order valence-corrected chi connectivity index (χ3v) is 5.65. The number of rotatable bonds is 9. The molecule has 0 N–H and O–H groups in total. The minimum Gasteiger partial charge on any atom is -0.367 e. The van der Waals surface area contributed by atoms with Gasteiger partial charge in [0.2, 0.25) is 0 Å². The van der Waals surface area contributed by atoms with Crippen LogP contribution in [0.5, 0.6) is 0 Å². The molecule has 0 unspecified atom stereocenters. The monoisotopic (exact) mass is 466 g/mol. The Morgan fingerprint density at radius 1 is 0.900 bits per heavy atom. The van der Waals surface area contributed by atoms with Crippen molar-refractivity contribution in [2.75, 3.05) is 25.7 Å². The molecule has 2 saturated heterocycles. The molecule has 3 rings (SSSR count). The fourth-order valence-corrected chi connectivity index (χ4v) is 4.17. The maximum absolute atomic E-state index is 11.6. The molecule has 0 aliphatic carbocycles. The Hall–Kier alpha value is -1.12. The highest BCUT2D eigenvalue weighted by Gasteiger charge is 2.63. The van der Waals surface area contributed by atoms with Gasteiger partial charge in [0.25, 0.3) is 20.2 Å². The Labute approximate surface area is 176 Å². The summed E-state index contributed by atoms with van der Waals surface area (Å²) in [4.78, 5) is 0. The molecule has 170 valence electrons. The second-order valence-electron chi connectivity index (χ2n) is 7.80. The molecular formula is C18H26O10S2. The molecule has 2 aliphatic heterocycles. The zero-order valence-electron chi connectivity index (χ0n) is 17.1. The van der Waals surface area contributed by atoms with Gasteiger partial charge >= 0.3 is 0 Å². The fraction of sp³-hybridized carbons (Fsp3) is 0.667. The van der Waals surface area contributed by atoms with Gasteiger partial charge in [0.15, 0.2) is 12.1 Å². The lowest BCUT2D eigenvalue weighted by atomic mass is 9.97. The molecule has 10 nitrogen and oxygen atoms in total. The highest BCUT2D eigenvalue weighted by Crippen LogP contribution is 2.44. The lowest BCUT2D eigenvalue weighted by Crippen LogP contribution is -2.53. The van der Waals surface area contributed by atoms with E-state index >= 15 is 0 Å². The summed E-state index contributed by atoms with van der Waals surface area (Å²) in [5.41, 5.74) is -0.756. The third-order valence-electron chi connectivity index (χ3n) is 4.56. The summed E-state index contributed by atoms with van der Waals surface area (Å²) in [6.45, 7) is 2.46. The molecule has 12 heteroatoms. The molecule has 0 spiro atoms. The second kappa shape index (κ2) is 8.43. The number of ether oxygens (including phenoxy) is 4. The third kappa shape index (κ3) is 5.98. The van der Waals surface area contributed by atoms with E-state index in [4.69, 9.17) is 27.3 Å². The molecule has 0 saturated carbocycles. The van der Waals surface area contributed by atoms with Crippen molar-refractivity contribution in [3.8, 4) is 0 Å². The first-order chi connectivity index (χ1) is 13.8. The number of fused-ring (bicyclic) bond motifs is 1. The Morgan fingerprint density at radius 2 is 1.47 bits per heavy atom. The van der Waals surface area contributed by atoms with Crippen LogP contribution in [0.1, 0.15) is 19.4 Å². The van der Waals surface area contributed by atoms with Gasteiger partial charge in [-0.1, -0.05) is 30.3 Å². The van der Waals surface area contributed by atoms with Crippen molar-refractivity contribution in [1.29, 1.82) is 0 Å². The molecule has 0 aromatic heterocycles. The van der Waals surface area contributed by atoms with Gasteiger partial charge in [0.1, 0.15) is 31.0 Å². The van der Waals surface area contributed by atoms with Crippen molar-refractivity contribution in [3.05, 3.63) is 35.9 Å². The van der Waals surface area contributed by atoms with E-state index in [1.807, 2.05) is 30.3 Å². The quantitative estimate of drug-likeness (QED) is 0.482. The second-order valence-corrected chi connectivity index (χ2v) is 11.1. The molecule has 2 aliphatic rings. The van der Waals surface area contributed by atoms with E-state index in [2.05, 4.69) is 0 Å². The zero-order chi connectivity index (χ0) is 22.2. The first-order valence-electron chi connectivity index (χ1n) is 9.16. The molecule has 1 aromatic rings. The van der Waals surface area contributed by atoms with Gasteiger partial charge in [-0.05, 0) is 19.4 Å². The minimum atomic E-state index is -3.86. The van der Waals surface area contributed by atoms with Crippen molar-refractivity contribution in [3.63, 3.8) is 0 Å². The Bertz CT molecular complexity index is 906. The van der Waals surface area contributed by atoms with Gasteiger partial charge < -0.3 is 18.9 Å². The first-order valence-corrected chi connectivity index (χ1v) is 12.8. The van der Waals surface area contributed by atoms with Crippen molar-refractivity contribution in [2.24, 2.45) is 0 Å². The molecule has 30 heavy (non-hydrogen) atoms. The van der Waals surface area contributed by atoms with E-state index in [0.29, 0.717) is 0 Å². The van der Waals surface area contributed by atoms with Gasteiger partial charge in [0.05, 0.1) is 19.1 Å². The molecule has 3 atom stereocenters. The fourth-order valence-electron chi connectivity index (χ4n) is 3.35. The van der Waals surface area contributed by atoms with Crippen molar-refractivity contribution in [1.82, 2.24) is 0 Å².